The van der Waals surface area contributed by atoms with E-state index in [-0.39, 0.29) is 17.1 Å². The van der Waals surface area contributed by atoms with Crippen LogP contribution in [0, 0.1) is 21.4 Å². The highest BCUT2D eigenvalue weighted by atomic mass is 16.6. The second-order valence-electron chi connectivity index (χ2n) is 4.16. The third kappa shape index (κ3) is 5.72. The quantitative estimate of drug-likeness (QED) is 0.397. The number of nitriles is 1. The average Bonchev–Trinajstić information content (AvgIpc) is 2.49. The SMILES string of the molecule is COCCOCCCCNc1nccc(C#N)c1[N+](=O)[O-]. The maximum atomic E-state index is 11.0. The normalized spacial score (nSPS) is 10.1. The van der Waals surface area contributed by atoms with Crippen LogP contribution in [0.3, 0.4) is 0 Å². The van der Waals surface area contributed by atoms with E-state index in [1.54, 1.807) is 13.2 Å². The lowest BCUT2D eigenvalue weighted by atomic mass is 10.2. The van der Waals surface area contributed by atoms with Gasteiger partial charge >= 0.3 is 5.69 Å². The third-order valence-electron chi connectivity index (χ3n) is 2.67. The van der Waals surface area contributed by atoms with E-state index < -0.39 is 4.92 Å². The minimum Gasteiger partial charge on any atom is -0.382 e. The van der Waals surface area contributed by atoms with Crippen molar-refractivity contribution in [3.63, 3.8) is 0 Å². The predicted molar refractivity (Wildman–Crippen MR) is 76.0 cm³/mol. The lowest BCUT2D eigenvalue weighted by Crippen LogP contribution is -2.09. The number of anilines is 1. The molecule has 0 fully saturated rings. The molecule has 1 N–H and O–H groups in total. The number of rotatable bonds is 10. The summed E-state index contributed by atoms with van der Waals surface area (Å²) in [5, 5.41) is 22.7. The minimum atomic E-state index is -0.595. The Kier molecular flexibility index (Phi) is 7.71. The molecule has 0 aromatic carbocycles. The van der Waals surface area contributed by atoms with E-state index in [9.17, 15) is 10.1 Å². The Morgan fingerprint density at radius 1 is 1.43 bits per heavy atom. The van der Waals surface area contributed by atoms with Crippen LogP contribution in [-0.2, 0) is 9.47 Å². The number of ether oxygens (including phenoxy) is 2. The van der Waals surface area contributed by atoms with Gasteiger partial charge in [0, 0.05) is 26.5 Å². The van der Waals surface area contributed by atoms with Crippen LogP contribution in [0.15, 0.2) is 12.3 Å². The van der Waals surface area contributed by atoms with Gasteiger partial charge in [-0.3, -0.25) is 10.1 Å². The first kappa shape index (κ1) is 16.8. The highest BCUT2D eigenvalue weighted by Gasteiger charge is 2.20. The van der Waals surface area contributed by atoms with Gasteiger partial charge in [0.25, 0.3) is 0 Å². The van der Waals surface area contributed by atoms with E-state index in [0.717, 1.165) is 12.8 Å². The molecule has 8 nitrogen and oxygen atoms in total. The molecule has 0 saturated carbocycles. The van der Waals surface area contributed by atoms with Gasteiger partial charge in [0.1, 0.15) is 11.6 Å². The highest BCUT2D eigenvalue weighted by molar-refractivity contribution is 5.63. The van der Waals surface area contributed by atoms with Crippen molar-refractivity contribution in [3.8, 4) is 6.07 Å². The van der Waals surface area contributed by atoms with Crippen LogP contribution >= 0.6 is 0 Å². The van der Waals surface area contributed by atoms with Crippen LogP contribution in [0.4, 0.5) is 11.5 Å². The Bertz CT molecular complexity index is 501. The van der Waals surface area contributed by atoms with Crippen LogP contribution in [0.1, 0.15) is 18.4 Å². The maximum absolute atomic E-state index is 11.0. The Labute approximate surface area is 122 Å². The molecular weight excluding hydrogens is 276 g/mol. The monoisotopic (exact) mass is 294 g/mol. The van der Waals surface area contributed by atoms with Crippen molar-refractivity contribution in [1.82, 2.24) is 4.98 Å². The molecule has 0 saturated heterocycles. The van der Waals surface area contributed by atoms with Crippen LogP contribution < -0.4 is 5.32 Å². The van der Waals surface area contributed by atoms with Crippen molar-refractivity contribution < 1.29 is 14.4 Å². The van der Waals surface area contributed by atoms with Gasteiger partial charge in [-0.1, -0.05) is 0 Å². The Balaban J connectivity index is 2.39. The van der Waals surface area contributed by atoms with Gasteiger partial charge in [-0.2, -0.15) is 5.26 Å². The molecule has 0 unspecified atom stereocenters. The fraction of sp³-hybridized carbons (Fsp3) is 0.538. The van der Waals surface area contributed by atoms with Gasteiger partial charge in [-0.25, -0.2) is 4.98 Å². The van der Waals surface area contributed by atoms with E-state index in [2.05, 4.69) is 10.3 Å². The van der Waals surface area contributed by atoms with E-state index in [1.165, 1.54) is 12.3 Å². The molecule has 0 aliphatic carbocycles. The summed E-state index contributed by atoms with van der Waals surface area (Å²) in [6.07, 6.45) is 2.98. The Morgan fingerprint density at radius 3 is 2.90 bits per heavy atom. The van der Waals surface area contributed by atoms with E-state index in [0.29, 0.717) is 26.4 Å². The fourth-order valence-corrected chi connectivity index (χ4v) is 1.64. The summed E-state index contributed by atoms with van der Waals surface area (Å²) in [6.45, 7) is 2.26. The second-order valence-corrected chi connectivity index (χ2v) is 4.16. The molecule has 8 heteroatoms. The van der Waals surface area contributed by atoms with Gasteiger partial charge in [0.05, 0.1) is 18.1 Å². The Morgan fingerprint density at radius 2 is 2.24 bits per heavy atom. The topological polar surface area (TPSA) is 110 Å². The number of hydrogen-bond acceptors (Lipinski definition) is 7. The summed E-state index contributed by atoms with van der Waals surface area (Å²) >= 11 is 0. The number of nitrogens with one attached hydrogen (secondary N) is 1. The zero-order valence-electron chi connectivity index (χ0n) is 11.9. The first-order valence-corrected chi connectivity index (χ1v) is 6.54. The van der Waals surface area contributed by atoms with Gasteiger partial charge < -0.3 is 14.8 Å². The average molecular weight is 294 g/mol. The smallest absolute Gasteiger partial charge is 0.328 e. The highest BCUT2D eigenvalue weighted by Crippen LogP contribution is 2.25. The van der Waals surface area contributed by atoms with Crippen molar-refractivity contribution in [1.29, 1.82) is 5.26 Å². The molecule has 0 bridgehead atoms. The van der Waals surface area contributed by atoms with Crippen LogP contribution in [0.5, 0.6) is 0 Å². The molecule has 0 atom stereocenters. The van der Waals surface area contributed by atoms with Crippen molar-refractivity contribution in [2.75, 3.05) is 38.8 Å². The standard InChI is InChI=1S/C13H18N4O4/c1-20-8-9-21-7-3-2-5-15-13-12(17(18)19)11(10-14)4-6-16-13/h4,6H,2-3,5,7-9H2,1H3,(H,15,16). The Hall–Kier alpha value is -2.24. The number of pyridine rings is 1. The van der Waals surface area contributed by atoms with Crippen molar-refractivity contribution >= 4 is 11.5 Å². The molecule has 0 amide bonds. The van der Waals surface area contributed by atoms with E-state index in [1.807, 2.05) is 0 Å². The molecule has 0 aliphatic heterocycles. The van der Waals surface area contributed by atoms with Gasteiger partial charge in [0.2, 0.25) is 5.82 Å². The summed E-state index contributed by atoms with van der Waals surface area (Å²) in [4.78, 5) is 14.3. The van der Waals surface area contributed by atoms with Crippen molar-refractivity contribution in [2.24, 2.45) is 0 Å². The number of methoxy groups -OCH3 is 1. The first-order chi connectivity index (χ1) is 10.2. The molecule has 1 aromatic rings. The molecule has 0 radical (unpaired) electrons. The fourth-order valence-electron chi connectivity index (χ4n) is 1.64. The van der Waals surface area contributed by atoms with Crippen LogP contribution in [0.2, 0.25) is 0 Å². The number of hydrogen-bond donors (Lipinski definition) is 1. The molecule has 114 valence electrons. The van der Waals surface area contributed by atoms with Crippen LogP contribution in [0.25, 0.3) is 0 Å². The zero-order valence-corrected chi connectivity index (χ0v) is 11.9. The molecular formula is C13H18N4O4. The predicted octanol–water partition coefficient (Wildman–Crippen LogP) is 1.72. The summed E-state index contributed by atoms with van der Waals surface area (Å²) in [5.41, 5.74) is -0.281. The summed E-state index contributed by atoms with van der Waals surface area (Å²) in [5.74, 6) is 0.124. The maximum Gasteiger partial charge on any atom is 0.328 e. The molecule has 21 heavy (non-hydrogen) atoms. The largest absolute Gasteiger partial charge is 0.382 e. The number of unbranched alkanes of at least 4 members (excludes halogenated alkanes) is 1. The number of nitrogens with zero attached hydrogens (tertiary/aromatic N) is 3. The molecule has 1 aromatic heterocycles. The van der Waals surface area contributed by atoms with E-state index >= 15 is 0 Å². The second kappa shape index (κ2) is 9.63. The van der Waals surface area contributed by atoms with Gasteiger partial charge in [-0.15, -0.1) is 0 Å². The molecule has 1 rings (SSSR count). The number of nitro groups is 1. The van der Waals surface area contributed by atoms with Gasteiger partial charge in [0.15, 0.2) is 0 Å². The van der Waals surface area contributed by atoms with E-state index in [4.69, 9.17) is 14.7 Å². The molecule has 0 aliphatic rings. The first-order valence-electron chi connectivity index (χ1n) is 6.54. The zero-order chi connectivity index (χ0) is 15.5. The van der Waals surface area contributed by atoms with Crippen molar-refractivity contribution in [3.05, 3.63) is 27.9 Å². The van der Waals surface area contributed by atoms with Gasteiger partial charge in [-0.05, 0) is 18.9 Å². The lowest BCUT2D eigenvalue weighted by Gasteiger charge is -2.07. The third-order valence-corrected chi connectivity index (χ3v) is 2.67. The molecule has 1 heterocycles. The lowest BCUT2D eigenvalue weighted by molar-refractivity contribution is -0.384. The minimum absolute atomic E-state index is 0.000369. The molecule has 0 spiro atoms. The van der Waals surface area contributed by atoms with Crippen molar-refractivity contribution in [2.45, 2.75) is 12.8 Å². The summed E-state index contributed by atoms with van der Waals surface area (Å²) < 4.78 is 10.2. The van der Waals surface area contributed by atoms with Crippen LogP contribution in [-0.4, -0.2) is 43.4 Å². The number of aromatic nitrogens is 1. The summed E-state index contributed by atoms with van der Waals surface area (Å²) in [6, 6.07) is 3.12. The summed E-state index contributed by atoms with van der Waals surface area (Å²) in [7, 11) is 1.61.